The third-order valence-corrected chi connectivity index (χ3v) is 1.97. The molecule has 0 N–H and O–H groups in total. The molecular formula is C12H9F3LiNO5-. The number of halogens is 3. The molecule has 0 atom stereocenters. The maximum Gasteiger partial charge on any atom is 0.573 e. The van der Waals surface area contributed by atoms with E-state index in [0.717, 1.165) is 18.5 Å². The van der Waals surface area contributed by atoms with E-state index in [0.29, 0.717) is 6.08 Å². The number of rotatable bonds is 5. The Morgan fingerprint density at radius 1 is 1.36 bits per heavy atom. The molecule has 115 valence electrons. The number of esters is 1. The molecule has 1 aromatic heterocycles. The fraction of sp³-hybridized carbons (Fsp3) is 0.250. The van der Waals surface area contributed by atoms with Crippen molar-refractivity contribution in [3.8, 4) is 5.75 Å². The number of alkyl halides is 3. The second-order valence-corrected chi connectivity index (χ2v) is 3.55. The maximum absolute atomic E-state index is 12.0. The topological polar surface area (TPSA) is 88.6 Å². The van der Waals surface area contributed by atoms with Crippen LogP contribution in [0.15, 0.2) is 24.5 Å². The van der Waals surface area contributed by atoms with Crippen LogP contribution in [-0.2, 0) is 14.3 Å². The van der Waals surface area contributed by atoms with Crippen LogP contribution in [0.25, 0.3) is 5.76 Å². The molecule has 10 heteroatoms. The number of aromatic nitrogens is 1. The van der Waals surface area contributed by atoms with E-state index in [1.807, 2.05) is 0 Å². The molecule has 0 saturated heterocycles. The number of hydrogen-bond acceptors (Lipinski definition) is 6. The molecule has 0 amide bonds. The molecule has 0 fully saturated rings. The SMILES string of the molecule is CCOC(=O)C(=O)C=C([O-])c1cncc(OC(F)(F)F)c1.[Li]. The van der Waals surface area contributed by atoms with E-state index in [-0.39, 0.29) is 31.0 Å². The van der Waals surface area contributed by atoms with Gasteiger partial charge < -0.3 is 14.6 Å². The number of carbonyl (C=O) groups is 2. The summed E-state index contributed by atoms with van der Waals surface area (Å²) >= 11 is 0. The first kappa shape index (κ1) is 20.0. The van der Waals surface area contributed by atoms with E-state index in [1.165, 1.54) is 6.92 Å². The van der Waals surface area contributed by atoms with Crippen molar-refractivity contribution in [1.82, 2.24) is 4.98 Å². The van der Waals surface area contributed by atoms with Gasteiger partial charge in [0.25, 0.3) is 5.78 Å². The van der Waals surface area contributed by atoms with E-state index in [1.54, 1.807) is 0 Å². The van der Waals surface area contributed by atoms with Gasteiger partial charge in [0.05, 0.1) is 12.8 Å². The van der Waals surface area contributed by atoms with Crippen LogP contribution in [0.4, 0.5) is 13.2 Å². The van der Waals surface area contributed by atoms with Crippen LogP contribution >= 0.6 is 0 Å². The average Bonchev–Trinajstić information content (AvgIpc) is 2.37. The van der Waals surface area contributed by atoms with Crippen LogP contribution in [-0.4, -0.2) is 48.6 Å². The molecule has 0 aromatic carbocycles. The van der Waals surface area contributed by atoms with E-state index >= 15 is 0 Å². The Hall–Kier alpha value is -1.98. The number of carbonyl (C=O) groups excluding carboxylic acids is 2. The quantitative estimate of drug-likeness (QED) is 0.258. The summed E-state index contributed by atoms with van der Waals surface area (Å²) in [6.07, 6.45) is -2.85. The van der Waals surface area contributed by atoms with Crippen molar-refractivity contribution in [1.29, 1.82) is 0 Å². The fourth-order valence-electron chi connectivity index (χ4n) is 1.21. The van der Waals surface area contributed by atoms with E-state index < -0.39 is 29.6 Å². The van der Waals surface area contributed by atoms with Gasteiger partial charge in [0, 0.05) is 25.1 Å². The summed E-state index contributed by atoms with van der Waals surface area (Å²) < 4.78 is 44.0. The molecule has 0 bridgehead atoms. The Morgan fingerprint density at radius 2 is 2.00 bits per heavy atom. The molecule has 0 aliphatic heterocycles. The Balaban J connectivity index is 0.00000441. The van der Waals surface area contributed by atoms with Gasteiger partial charge in [-0.15, -0.1) is 13.2 Å². The third-order valence-electron chi connectivity index (χ3n) is 1.97. The summed E-state index contributed by atoms with van der Waals surface area (Å²) in [5, 5.41) is 11.6. The van der Waals surface area contributed by atoms with Gasteiger partial charge in [-0.2, -0.15) is 0 Å². The Morgan fingerprint density at radius 3 is 2.55 bits per heavy atom. The standard InChI is InChI=1S/C12H10F3NO5.Li/c1-2-20-11(19)10(18)4-9(17)7-3-8(6-16-5-7)21-12(13,14)15;/h3-6,17H,2H2,1H3;/p-1. The molecule has 0 unspecified atom stereocenters. The smallest absolute Gasteiger partial charge is 0.573 e. The van der Waals surface area contributed by atoms with Gasteiger partial charge in [-0.1, -0.05) is 5.76 Å². The third kappa shape index (κ3) is 6.65. The Kier molecular flexibility index (Phi) is 7.70. The predicted octanol–water partition coefficient (Wildman–Crippen LogP) is 0.433. The van der Waals surface area contributed by atoms with Gasteiger partial charge in [-0.05, 0) is 24.6 Å². The normalized spacial score (nSPS) is 11.4. The summed E-state index contributed by atoms with van der Waals surface area (Å²) in [4.78, 5) is 25.7. The minimum absolute atomic E-state index is 0. The molecule has 0 aliphatic carbocycles. The molecule has 1 aromatic rings. The monoisotopic (exact) mass is 311 g/mol. The van der Waals surface area contributed by atoms with Crippen molar-refractivity contribution in [2.75, 3.05) is 6.61 Å². The minimum atomic E-state index is -4.94. The van der Waals surface area contributed by atoms with Gasteiger partial charge in [0.1, 0.15) is 5.75 Å². The molecule has 0 aliphatic rings. The van der Waals surface area contributed by atoms with Crippen LogP contribution in [0, 0.1) is 0 Å². The number of hydrogen-bond donors (Lipinski definition) is 0. The predicted molar refractivity (Wildman–Crippen MR) is 66.3 cm³/mol. The molecular weight excluding hydrogens is 302 g/mol. The molecule has 1 rings (SSSR count). The summed E-state index contributed by atoms with van der Waals surface area (Å²) in [5.74, 6) is -4.16. The van der Waals surface area contributed by atoms with Crippen molar-refractivity contribution in [2.45, 2.75) is 13.3 Å². The van der Waals surface area contributed by atoms with Crippen LogP contribution in [0.5, 0.6) is 5.75 Å². The molecule has 6 nitrogen and oxygen atoms in total. The minimum Gasteiger partial charge on any atom is -0.872 e. The Bertz CT molecular complexity index is 574. The second kappa shape index (κ2) is 8.46. The van der Waals surface area contributed by atoms with Crippen molar-refractivity contribution >= 4 is 36.4 Å². The first-order valence-corrected chi connectivity index (χ1v) is 5.54. The molecule has 1 heterocycles. The van der Waals surface area contributed by atoms with Crippen LogP contribution in [0.3, 0.4) is 0 Å². The number of nitrogens with zero attached hydrogens (tertiary/aromatic N) is 1. The molecule has 0 saturated carbocycles. The largest absolute Gasteiger partial charge is 0.872 e. The van der Waals surface area contributed by atoms with Crippen molar-refractivity contribution < 1.29 is 37.3 Å². The average molecular weight is 311 g/mol. The summed E-state index contributed by atoms with van der Waals surface area (Å²) in [7, 11) is 0. The van der Waals surface area contributed by atoms with Crippen LogP contribution in [0.1, 0.15) is 12.5 Å². The van der Waals surface area contributed by atoms with Crippen LogP contribution < -0.4 is 9.84 Å². The van der Waals surface area contributed by atoms with E-state index in [2.05, 4.69) is 14.5 Å². The van der Waals surface area contributed by atoms with E-state index in [9.17, 15) is 27.9 Å². The van der Waals surface area contributed by atoms with Gasteiger partial charge in [-0.25, -0.2) is 4.79 Å². The Labute approximate surface area is 135 Å². The van der Waals surface area contributed by atoms with Crippen molar-refractivity contribution in [2.24, 2.45) is 0 Å². The van der Waals surface area contributed by atoms with Crippen LogP contribution in [0.2, 0.25) is 0 Å². The first-order chi connectivity index (χ1) is 9.73. The molecule has 1 radical (unpaired) electrons. The summed E-state index contributed by atoms with van der Waals surface area (Å²) in [5.41, 5.74) is -0.339. The van der Waals surface area contributed by atoms with Crippen molar-refractivity contribution in [3.63, 3.8) is 0 Å². The summed E-state index contributed by atoms with van der Waals surface area (Å²) in [6, 6.07) is 0.748. The molecule has 22 heavy (non-hydrogen) atoms. The number of ketones is 1. The number of pyridine rings is 1. The van der Waals surface area contributed by atoms with Crippen molar-refractivity contribution in [3.05, 3.63) is 30.1 Å². The molecule has 0 spiro atoms. The zero-order valence-electron chi connectivity index (χ0n) is 11.6. The van der Waals surface area contributed by atoms with Gasteiger partial charge in [0.2, 0.25) is 0 Å². The maximum atomic E-state index is 12.0. The second-order valence-electron chi connectivity index (χ2n) is 3.55. The fourth-order valence-corrected chi connectivity index (χ4v) is 1.21. The number of ether oxygens (including phenoxy) is 2. The zero-order valence-corrected chi connectivity index (χ0v) is 11.6. The van der Waals surface area contributed by atoms with Gasteiger partial charge >= 0.3 is 12.3 Å². The summed E-state index contributed by atoms with van der Waals surface area (Å²) in [6.45, 7) is 1.41. The zero-order chi connectivity index (χ0) is 16.0. The van der Waals surface area contributed by atoms with Gasteiger partial charge in [-0.3, -0.25) is 9.78 Å². The first-order valence-electron chi connectivity index (χ1n) is 5.54. The van der Waals surface area contributed by atoms with Gasteiger partial charge in [0.15, 0.2) is 0 Å². The van der Waals surface area contributed by atoms with E-state index in [4.69, 9.17) is 0 Å².